The van der Waals surface area contributed by atoms with E-state index in [0.29, 0.717) is 5.41 Å². The van der Waals surface area contributed by atoms with Gasteiger partial charge in [0.25, 0.3) is 0 Å². The van der Waals surface area contributed by atoms with Gasteiger partial charge in [-0.3, -0.25) is 9.58 Å². The Morgan fingerprint density at radius 1 is 1.39 bits per heavy atom. The molecule has 1 saturated heterocycles. The van der Waals surface area contributed by atoms with E-state index in [9.17, 15) is 0 Å². The van der Waals surface area contributed by atoms with E-state index in [4.69, 9.17) is 4.74 Å². The van der Waals surface area contributed by atoms with Crippen molar-refractivity contribution in [3.63, 3.8) is 0 Å². The SMILES string of the molecule is CCOC[C@]1(CCc2ccsc2)CCN(Cc2cnn(C)c2)C1. The van der Waals surface area contributed by atoms with Gasteiger partial charge >= 0.3 is 0 Å². The summed E-state index contributed by atoms with van der Waals surface area (Å²) in [7, 11) is 1.98. The Morgan fingerprint density at radius 3 is 3.00 bits per heavy atom. The second-order valence-corrected chi connectivity index (χ2v) is 7.53. The number of aromatic nitrogens is 2. The van der Waals surface area contributed by atoms with Crippen LogP contribution < -0.4 is 0 Å². The molecule has 126 valence electrons. The first-order chi connectivity index (χ1) is 11.2. The molecule has 23 heavy (non-hydrogen) atoms. The minimum absolute atomic E-state index is 0.306. The molecule has 0 unspecified atom stereocenters. The van der Waals surface area contributed by atoms with Crippen LogP contribution in [0.3, 0.4) is 0 Å². The topological polar surface area (TPSA) is 30.3 Å². The zero-order valence-corrected chi connectivity index (χ0v) is 15.0. The van der Waals surface area contributed by atoms with E-state index >= 15 is 0 Å². The van der Waals surface area contributed by atoms with Gasteiger partial charge in [-0.1, -0.05) is 0 Å². The molecule has 3 rings (SSSR count). The molecule has 2 aromatic heterocycles. The van der Waals surface area contributed by atoms with Crippen molar-refractivity contribution in [1.82, 2.24) is 14.7 Å². The maximum Gasteiger partial charge on any atom is 0.0535 e. The number of aryl methyl sites for hydroxylation is 2. The van der Waals surface area contributed by atoms with Crippen LogP contribution in [-0.4, -0.2) is 41.0 Å². The van der Waals surface area contributed by atoms with Crippen LogP contribution >= 0.6 is 11.3 Å². The van der Waals surface area contributed by atoms with Crippen molar-refractivity contribution in [2.45, 2.75) is 32.7 Å². The van der Waals surface area contributed by atoms with E-state index < -0.39 is 0 Å². The molecule has 0 radical (unpaired) electrons. The second kappa shape index (κ2) is 7.60. The molecule has 0 aliphatic carbocycles. The lowest BCUT2D eigenvalue weighted by Gasteiger charge is -2.29. The lowest BCUT2D eigenvalue weighted by molar-refractivity contribution is 0.0489. The van der Waals surface area contributed by atoms with Crippen LogP contribution in [0.15, 0.2) is 29.2 Å². The number of ether oxygens (including phenoxy) is 1. The van der Waals surface area contributed by atoms with E-state index in [-0.39, 0.29) is 0 Å². The number of hydrogen-bond acceptors (Lipinski definition) is 4. The van der Waals surface area contributed by atoms with Crippen molar-refractivity contribution in [3.8, 4) is 0 Å². The van der Waals surface area contributed by atoms with Crippen molar-refractivity contribution in [1.29, 1.82) is 0 Å². The molecule has 1 aliphatic heterocycles. The summed E-state index contributed by atoms with van der Waals surface area (Å²) in [5.41, 5.74) is 3.08. The predicted octanol–water partition coefficient (Wildman–Crippen LogP) is 3.34. The highest BCUT2D eigenvalue weighted by molar-refractivity contribution is 7.07. The molecule has 5 heteroatoms. The molecule has 0 aromatic carbocycles. The summed E-state index contributed by atoms with van der Waals surface area (Å²) in [6.07, 6.45) is 7.71. The van der Waals surface area contributed by atoms with Gasteiger partial charge in [0.15, 0.2) is 0 Å². The first-order valence-electron chi connectivity index (χ1n) is 8.48. The zero-order valence-electron chi connectivity index (χ0n) is 14.2. The number of rotatable bonds is 8. The van der Waals surface area contributed by atoms with Crippen molar-refractivity contribution in [2.24, 2.45) is 12.5 Å². The summed E-state index contributed by atoms with van der Waals surface area (Å²) in [4.78, 5) is 2.56. The molecular formula is C18H27N3OS. The summed E-state index contributed by atoms with van der Waals surface area (Å²) >= 11 is 1.79. The average Bonchev–Trinajstić information content (AvgIpc) is 3.26. The van der Waals surface area contributed by atoms with Crippen LogP contribution in [0.25, 0.3) is 0 Å². The van der Waals surface area contributed by atoms with Crippen LogP contribution in [0.1, 0.15) is 30.9 Å². The maximum atomic E-state index is 5.85. The van der Waals surface area contributed by atoms with Gasteiger partial charge < -0.3 is 4.74 Å². The van der Waals surface area contributed by atoms with Crippen LogP contribution in [0.2, 0.25) is 0 Å². The first-order valence-corrected chi connectivity index (χ1v) is 9.42. The molecule has 1 atom stereocenters. The highest BCUT2D eigenvalue weighted by atomic mass is 32.1. The maximum absolute atomic E-state index is 5.85. The minimum atomic E-state index is 0.306. The van der Waals surface area contributed by atoms with Crippen molar-refractivity contribution in [3.05, 3.63) is 40.3 Å². The van der Waals surface area contributed by atoms with Crippen molar-refractivity contribution < 1.29 is 4.74 Å². The van der Waals surface area contributed by atoms with E-state index in [1.165, 1.54) is 24.0 Å². The summed E-state index contributed by atoms with van der Waals surface area (Å²) in [6.45, 7) is 7.08. The average molecular weight is 334 g/mol. The minimum Gasteiger partial charge on any atom is -0.381 e. The Balaban J connectivity index is 1.60. The Labute approximate surface area is 143 Å². The normalized spacial score (nSPS) is 22.0. The van der Waals surface area contributed by atoms with Gasteiger partial charge in [-0.25, -0.2) is 0 Å². The van der Waals surface area contributed by atoms with E-state index in [2.05, 4.69) is 39.9 Å². The molecule has 0 N–H and O–H groups in total. The molecule has 0 amide bonds. The van der Waals surface area contributed by atoms with Crippen LogP contribution in [-0.2, 0) is 24.8 Å². The van der Waals surface area contributed by atoms with Crippen LogP contribution in [0.5, 0.6) is 0 Å². The van der Waals surface area contributed by atoms with Crippen LogP contribution in [0, 0.1) is 5.41 Å². The van der Waals surface area contributed by atoms with Crippen molar-refractivity contribution >= 4 is 11.3 Å². The number of hydrogen-bond donors (Lipinski definition) is 0. The molecule has 1 fully saturated rings. The third-order valence-corrected chi connectivity index (χ3v) is 5.55. The Hall–Kier alpha value is -1.17. The molecule has 1 aliphatic rings. The molecule has 0 bridgehead atoms. The van der Waals surface area contributed by atoms with Gasteiger partial charge in [-0.05, 0) is 55.1 Å². The number of thiophene rings is 1. The fourth-order valence-corrected chi connectivity index (χ4v) is 4.23. The predicted molar refractivity (Wildman–Crippen MR) is 94.7 cm³/mol. The van der Waals surface area contributed by atoms with E-state index in [0.717, 1.165) is 39.3 Å². The largest absolute Gasteiger partial charge is 0.381 e. The fraction of sp³-hybridized carbons (Fsp3) is 0.611. The van der Waals surface area contributed by atoms with Gasteiger partial charge in [0, 0.05) is 43.9 Å². The van der Waals surface area contributed by atoms with E-state index in [1.807, 2.05) is 17.9 Å². The van der Waals surface area contributed by atoms with Crippen LogP contribution in [0.4, 0.5) is 0 Å². The molecule has 2 aromatic rings. The monoisotopic (exact) mass is 333 g/mol. The summed E-state index contributed by atoms with van der Waals surface area (Å²) in [6, 6.07) is 2.25. The molecule has 3 heterocycles. The lowest BCUT2D eigenvalue weighted by atomic mass is 9.82. The van der Waals surface area contributed by atoms with Gasteiger partial charge in [0.2, 0.25) is 0 Å². The van der Waals surface area contributed by atoms with Gasteiger partial charge in [-0.15, -0.1) is 0 Å². The zero-order chi connectivity index (χ0) is 16.1. The van der Waals surface area contributed by atoms with E-state index in [1.54, 1.807) is 11.3 Å². The Bertz CT molecular complexity index is 595. The molecule has 0 spiro atoms. The lowest BCUT2D eigenvalue weighted by Crippen LogP contribution is -2.32. The third-order valence-electron chi connectivity index (χ3n) is 4.82. The second-order valence-electron chi connectivity index (χ2n) is 6.75. The quantitative estimate of drug-likeness (QED) is 0.742. The smallest absolute Gasteiger partial charge is 0.0535 e. The molecule has 0 saturated carbocycles. The number of nitrogens with zero attached hydrogens (tertiary/aromatic N) is 3. The van der Waals surface area contributed by atoms with Gasteiger partial charge in [-0.2, -0.15) is 16.4 Å². The first kappa shape index (κ1) is 16.7. The number of likely N-dealkylation sites (tertiary alicyclic amines) is 1. The summed E-state index contributed by atoms with van der Waals surface area (Å²) in [5, 5.41) is 8.73. The fourth-order valence-electron chi connectivity index (χ4n) is 3.53. The Morgan fingerprint density at radius 2 is 2.30 bits per heavy atom. The van der Waals surface area contributed by atoms with Crippen molar-refractivity contribution in [2.75, 3.05) is 26.3 Å². The molecular weight excluding hydrogens is 306 g/mol. The standard InChI is InChI=1S/C18H27N3OS/c1-3-22-15-18(6-4-16-5-9-23-13-16)7-8-21(14-18)12-17-10-19-20(2)11-17/h5,9-11,13H,3-4,6-8,12,14-15H2,1-2H3/t18-/m1/s1. The Kier molecular flexibility index (Phi) is 5.51. The van der Waals surface area contributed by atoms with Gasteiger partial charge in [0.1, 0.15) is 0 Å². The highest BCUT2D eigenvalue weighted by Gasteiger charge is 2.38. The third kappa shape index (κ3) is 4.43. The summed E-state index contributed by atoms with van der Waals surface area (Å²) < 4.78 is 7.74. The summed E-state index contributed by atoms with van der Waals surface area (Å²) in [5.74, 6) is 0. The van der Waals surface area contributed by atoms with Gasteiger partial charge in [0.05, 0.1) is 12.8 Å². The highest BCUT2D eigenvalue weighted by Crippen LogP contribution is 2.36. The molecule has 4 nitrogen and oxygen atoms in total.